The highest BCUT2D eigenvalue weighted by atomic mass is 127. The first kappa shape index (κ1) is 43.2. The maximum absolute atomic E-state index is 14.9. The van der Waals surface area contributed by atoms with E-state index in [-0.39, 0.29) is 35.1 Å². The van der Waals surface area contributed by atoms with E-state index in [1.54, 1.807) is 42.5 Å². The minimum Gasteiger partial charge on any atom is -0.494 e. The number of carbonyl (C=O) groups is 4. The summed E-state index contributed by atoms with van der Waals surface area (Å²) in [5, 5.41) is 10.1. The number of fused-ring (bicyclic) bond motifs is 1. The predicted octanol–water partition coefficient (Wildman–Crippen LogP) is 5.84. The van der Waals surface area contributed by atoms with Crippen LogP contribution in [0.3, 0.4) is 0 Å². The molecule has 4 amide bonds. The minimum absolute atomic E-state index is 0.0230. The Morgan fingerprint density at radius 2 is 1.70 bits per heavy atom. The number of halogens is 2. The summed E-state index contributed by atoms with van der Waals surface area (Å²) in [6, 6.07) is 19.1. The lowest BCUT2D eigenvalue weighted by molar-refractivity contribution is -0.141. The highest BCUT2D eigenvalue weighted by Gasteiger charge is 2.62. The third-order valence-corrected chi connectivity index (χ3v) is 14.4. The first-order chi connectivity index (χ1) is 28.4. The zero-order valence-corrected chi connectivity index (χ0v) is 37.2. The molecule has 316 valence electrons. The number of sulfonamides is 1. The van der Waals surface area contributed by atoms with E-state index < -0.39 is 62.1 Å². The van der Waals surface area contributed by atoms with E-state index >= 15 is 0 Å². The Hall–Kier alpha value is -4.94. The van der Waals surface area contributed by atoms with Crippen molar-refractivity contribution in [1.82, 2.24) is 25.2 Å². The summed E-state index contributed by atoms with van der Waals surface area (Å²) in [5.41, 5.74) is -0.209. The number of pyridine rings is 1. The van der Waals surface area contributed by atoms with Gasteiger partial charge in [0.25, 0.3) is 11.8 Å². The van der Waals surface area contributed by atoms with Gasteiger partial charge in [-0.3, -0.25) is 23.9 Å². The van der Waals surface area contributed by atoms with Crippen molar-refractivity contribution in [2.45, 2.75) is 79.4 Å². The topological polar surface area (TPSA) is 185 Å². The highest BCUT2D eigenvalue weighted by Crippen LogP contribution is 2.45. The number of hydrogen-bond acceptors (Lipinski definition) is 10. The molecule has 3 aromatic carbocycles. The molecule has 2 aliphatic carbocycles. The molecule has 7 rings (SSSR count). The van der Waals surface area contributed by atoms with Gasteiger partial charge in [0.05, 0.1) is 25.1 Å². The molecule has 17 heteroatoms. The third kappa shape index (κ3) is 9.19. The zero-order valence-electron chi connectivity index (χ0n) is 33.5. The van der Waals surface area contributed by atoms with Gasteiger partial charge in [-0.15, -0.1) is 0 Å². The largest absolute Gasteiger partial charge is 0.494 e. The van der Waals surface area contributed by atoms with Gasteiger partial charge >= 0.3 is 0 Å². The fraction of sp³-hybridized carbons (Fsp3) is 0.372. The monoisotopic (exact) mass is 968 g/mol. The smallest absolute Gasteiger partial charge is 0.260 e. The molecule has 1 saturated heterocycles. The molecule has 0 spiro atoms. The number of amides is 4. The number of hydrogen-bond donors (Lipinski definition) is 4. The molecule has 0 unspecified atom stereocenters. The van der Waals surface area contributed by atoms with Crippen LogP contribution >= 0.6 is 34.2 Å². The van der Waals surface area contributed by atoms with Crippen LogP contribution in [0, 0.1) is 5.41 Å². The molecule has 60 heavy (non-hydrogen) atoms. The molecule has 0 radical (unpaired) electrons. The number of alkyl halides is 1. The Bertz CT molecular complexity index is 2480. The molecule has 4 aromatic rings. The number of aromatic nitrogens is 1. The van der Waals surface area contributed by atoms with Gasteiger partial charge in [-0.25, -0.2) is 13.4 Å². The van der Waals surface area contributed by atoms with Crippen molar-refractivity contribution in [2.24, 2.45) is 5.41 Å². The summed E-state index contributed by atoms with van der Waals surface area (Å²) < 4.78 is 39.3. The lowest BCUT2D eigenvalue weighted by Gasteiger charge is -2.36. The minimum atomic E-state index is -3.89. The summed E-state index contributed by atoms with van der Waals surface area (Å²) >= 11 is 8.40. The molecule has 0 bridgehead atoms. The first-order valence-electron chi connectivity index (χ1n) is 19.4. The summed E-state index contributed by atoms with van der Waals surface area (Å²) in [7, 11) is -2.36. The second kappa shape index (κ2) is 16.8. The number of carbonyl (C=O) groups excluding carboxylic acids is 4. The maximum atomic E-state index is 14.9. The molecule has 3 fully saturated rings. The van der Waals surface area contributed by atoms with E-state index in [4.69, 9.17) is 21.1 Å². The molecule has 5 atom stereocenters. The van der Waals surface area contributed by atoms with E-state index in [1.165, 1.54) is 18.2 Å². The van der Waals surface area contributed by atoms with Crippen LogP contribution in [-0.4, -0.2) is 88.5 Å². The molecule has 1 aromatic heterocycles. The van der Waals surface area contributed by atoms with Gasteiger partial charge in [-0.05, 0) is 66.6 Å². The Morgan fingerprint density at radius 1 is 1.00 bits per heavy atom. The van der Waals surface area contributed by atoms with E-state index in [1.807, 2.05) is 73.7 Å². The average molecular weight is 969 g/mol. The predicted molar refractivity (Wildman–Crippen MR) is 237 cm³/mol. The van der Waals surface area contributed by atoms with Crippen LogP contribution in [0.25, 0.3) is 16.5 Å². The molecule has 2 saturated carbocycles. The summed E-state index contributed by atoms with van der Waals surface area (Å²) in [4.78, 5) is 62.2. The SMILES string of the molecule is C=C(NC(=O)c1cccc(N[C@@H](C(=O)N2C[C@H](Oc3ncc(OC)c4ccc(Cl)cc34)C[C@H]2C(=O)N[C@]2(C(=O)NS(=O)(=O)C3CC3)C[C@H]2I)C(C)(C)C)c1)c1ccccc1. The van der Waals surface area contributed by atoms with E-state index in [2.05, 4.69) is 32.2 Å². The maximum Gasteiger partial charge on any atom is 0.260 e. The Balaban J connectivity index is 1.16. The van der Waals surface area contributed by atoms with Gasteiger partial charge < -0.3 is 30.3 Å². The Morgan fingerprint density at radius 3 is 2.35 bits per heavy atom. The van der Waals surface area contributed by atoms with Crippen molar-refractivity contribution in [3.05, 3.63) is 102 Å². The number of likely N-dealkylation sites (tertiary alicyclic amines) is 1. The van der Waals surface area contributed by atoms with E-state index in [9.17, 15) is 27.6 Å². The number of nitrogens with zero attached hydrogens (tertiary/aromatic N) is 2. The molecular weight excluding hydrogens is 923 g/mol. The van der Waals surface area contributed by atoms with Crippen molar-refractivity contribution in [3.8, 4) is 11.6 Å². The number of rotatable bonds is 14. The molecule has 4 N–H and O–H groups in total. The van der Waals surface area contributed by atoms with Gasteiger partial charge in [0.2, 0.25) is 27.7 Å². The highest BCUT2D eigenvalue weighted by molar-refractivity contribution is 14.1. The number of methoxy groups -OCH3 is 1. The van der Waals surface area contributed by atoms with Crippen LogP contribution in [0.2, 0.25) is 5.02 Å². The number of ether oxygens (including phenoxy) is 2. The zero-order chi connectivity index (χ0) is 43.1. The molecule has 14 nitrogen and oxygen atoms in total. The van der Waals surface area contributed by atoms with Gasteiger partial charge in [0.1, 0.15) is 29.5 Å². The molecule has 2 heterocycles. The number of benzene rings is 3. The van der Waals surface area contributed by atoms with E-state index in [0.29, 0.717) is 51.3 Å². The fourth-order valence-corrected chi connectivity index (χ4v) is 9.91. The second-order valence-corrected chi connectivity index (χ2v) is 20.3. The average Bonchev–Trinajstić information content (AvgIpc) is 4.13. The Kier molecular flexibility index (Phi) is 12.1. The third-order valence-electron chi connectivity index (χ3n) is 10.9. The second-order valence-electron chi connectivity index (χ2n) is 16.4. The van der Waals surface area contributed by atoms with E-state index in [0.717, 1.165) is 5.56 Å². The van der Waals surface area contributed by atoms with Crippen molar-refractivity contribution in [3.63, 3.8) is 0 Å². The lowest BCUT2D eigenvalue weighted by atomic mass is 9.85. The van der Waals surface area contributed by atoms with Crippen LogP contribution in [-0.2, 0) is 24.4 Å². The van der Waals surface area contributed by atoms with Crippen LogP contribution in [0.1, 0.15) is 62.4 Å². The van der Waals surface area contributed by atoms with Crippen molar-refractivity contribution >= 4 is 90.0 Å². The summed E-state index contributed by atoms with van der Waals surface area (Å²) in [5.74, 6) is -1.54. The van der Waals surface area contributed by atoms with Crippen molar-refractivity contribution in [1.29, 1.82) is 0 Å². The fourth-order valence-electron chi connectivity index (χ4n) is 7.24. The Labute approximate surface area is 367 Å². The lowest BCUT2D eigenvalue weighted by Crippen LogP contribution is -2.58. The summed E-state index contributed by atoms with van der Waals surface area (Å²) in [6.07, 6.45) is 1.94. The van der Waals surface area contributed by atoms with Crippen LogP contribution in [0.5, 0.6) is 11.6 Å². The van der Waals surface area contributed by atoms with Gasteiger partial charge in [-0.1, -0.05) is 97.9 Å². The molecule has 1 aliphatic heterocycles. The van der Waals surface area contributed by atoms with Crippen molar-refractivity contribution in [2.75, 3.05) is 19.0 Å². The number of nitrogens with one attached hydrogen (secondary N) is 4. The van der Waals surface area contributed by atoms with Gasteiger partial charge in [0.15, 0.2) is 0 Å². The summed E-state index contributed by atoms with van der Waals surface area (Å²) in [6.45, 7) is 9.60. The van der Waals surface area contributed by atoms with Gasteiger partial charge in [0, 0.05) is 43.1 Å². The van der Waals surface area contributed by atoms with Crippen LogP contribution < -0.4 is 30.1 Å². The van der Waals surface area contributed by atoms with Crippen LogP contribution in [0.4, 0.5) is 5.69 Å². The quantitative estimate of drug-likeness (QED) is 0.0884. The normalized spacial score (nSPS) is 21.7. The van der Waals surface area contributed by atoms with Crippen LogP contribution in [0.15, 0.2) is 85.6 Å². The molecular formula is C43H46ClIN6O8S. The standard InChI is InChI=1S/C43H46ClIN6O8S/c1-24(25-10-7-6-8-11-25)47-37(52)26-12-9-13-28(18-26)48-36(42(2,3)4)40(54)51-23-29(59-39-32-19-27(44)14-17-31(32)34(58-5)22-46-39)20-33(51)38(53)49-43(21-35(43)45)41(55)50-60(56,57)30-15-16-30/h6-14,17-19,22,29-30,33,35-36,48H,1,15-16,20-21,23H2,2-5H3,(H,47,52)(H,49,53)(H,50,55)/t29-,33+,35-,36+,43-/m1/s1. The molecule has 3 aliphatic rings. The first-order valence-corrected chi connectivity index (χ1v) is 22.6. The van der Waals surface area contributed by atoms with Gasteiger partial charge in [-0.2, -0.15) is 0 Å². The van der Waals surface area contributed by atoms with Crippen molar-refractivity contribution < 1.29 is 37.1 Å². The number of anilines is 1.